The summed E-state index contributed by atoms with van der Waals surface area (Å²) in [5.41, 5.74) is 2.96. The Morgan fingerprint density at radius 2 is 1.72 bits per heavy atom. The van der Waals surface area contributed by atoms with Gasteiger partial charge in [0.05, 0.1) is 12.8 Å². The van der Waals surface area contributed by atoms with E-state index in [0.717, 1.165) is 22.3 Å². The Bertz CT molecular complexity index is 564. The van der Waals surface area contributed by atoms with Gasteiger partial charge < -0.3 is 4.74 Å². The first kappa shape index (κ1) is 12.7. The smallest absolute Gasteiger partial charge is 0.233 e. The van der Waals surface area contributed by atoms with E-state index in [1.165, 1.54) is 0 Å². The highest BCUT2D eigenvalue weighted by molar-refractivity contribution is 5.81. The van der Waals surface area contributed by atoms with E-state index in [1.54, 1.807) is 7.11 Å². The number of aromatic nitrogens is 3. The lowest BCUT2D eigenvalue weighted by Gasteiger charge is -2.13. The van der Waals surface area contributed by atoms with Crippen LogP contribution in [0, 0.1) is 0 Å². The summed E-state index contributed by atoms with van der Waals surface area (Å²) in [6, 6.07) is 3.99. The number of fused-ring (bicyclic) bond motifs is 1. The van der Waals surface area contributed by atoms with Gasteiger partial charge in [-0.2, -0.15) is 0 Å². The van der Waals surface area contributed by atoms with Crippen LogP contribution in [-0.2, 0) is 0 Å². The van der Waals surface area contributed by atoms with Crippen molar-refractivity contribution < 1.29 is 4.74 Å². The highest BCUT2D eigenvalue weighted by Gasteiger charge is 2.13. The average Bonchev–Trinajstić information content (AvgIpc) is 2.36. The monoisotopic (exact) mass is 245 g/mol. The van der Waals surface area contributed by atoms with E-state index in [1.807, 2.05) is 6.07 Å². The van der Waals surface area contributed by atoms with E-state index in [0.29, 0.717) is 17.7 Å². The zero-order chi connectivity index (χ0) is 13.3. The minimum Gasteiger partial charge on any atom is -0.480 e. The fraction of sp³-hybridized carbons (Fsp3) is 0.500. The Morgan fingerprint density at radius 1 is 1.00 bits per heavy atom. The minimum atomic E-state index is 0.328. The minimum absolute atomic E-state index is 0.328. The van der Waals surface area contributed by atoms with Crippen molar-refractivity contribution in [3.05, 3.63) is 23.5 Å². The number of hydrogen-bond acceptors (Lipinski definition) is 4. The summed E-state index contributed by atoms with van der Waals surface area (Å²) >= 11 is 0. The van der Waals surface area contributed by atoms with Gasteiger partial charge in [0.1, 0.15) is 5.52 Å². The van der Waals surface area contributed by atoms with E-state index in [9.17, 15) is 0 Å². The van der Waals surface area contributed by atoms with Gasteiger partial charge in [0, 0.05) is 17.1 Å². The van der Waals surface area contributed by atoms with Crippen LogP contribution in [0.25, 0.3) is 10.9 Å². The van der Waals surface area contributed by atoms with Crippen molar-refractivity contribution in [3.63, 3.8) is 0 Å². The maximum absolute atomic E-state index is 5.13. The molecule has 0 saturated carbocycles. The molecule has 18 heavy (non-hydrogen) atoms. The van der Waals surface area contributed by atoms with Crippen molar-refractivity contribution in [1.82, 2.24) is 15.2 Å². The van der Waals surface area contributed by atoms with E-state index in [-0.39, 0.29) is 0 Å². The Labute approximate surface area is 107 Å². The molecule has 0 aromatic carbocycles. The van der Waals surface area contributed by atoms with Crippen molar-refractivity contribution in [2.45, 2.75) is 39.5 Å². The molecule has 4 nitrogen and oxygen atoms in total. The number of nitrogens with zero attached hydrogens (tertiary/aromatic N) is 3. The molecule has 0 unspecified atom stereocenters. The zero-order valence-electron chi connectivity index (χ0n) is 11.6. The average molecular weight is 245 g/mol. The highest BCUT2D eigenvalue weighted by atomic mass is 16.5. The Hall–Kier alpha value is -1.71. The number of methoxy groups -OCH3 is 1. The Morgan fingerprint density at radius 3 is 2.28 bits per heavy atom. The molecule has 0 bridgehead atoms. The van der Waals surface area contributed by atoms with Crippen LogP contribution >= 0.6 is 0 Å². The lowest BCUT2D eigenvalue weighted by Crippen LogP contribution is -2.03. The lowest BCUT2D eigenvalue weighted by molar-refractivity contribution is 0.393. The fourth-order valence-electron chi connectivity index (χ4n) is 1.88. The van der Waals surface area contributed by atoms with Crippen LogP contribution in [-0.4, -0.2) is 22.3 Å². The van der Waals surface area contributed by atoms with Gasteiger partial charge in [-0.15, -0.1) is 10.2 Å². The third-order valence-corrected chi connectivity index (χ3v) is 2.94. The summed E-state index contributed by atoms with van der Waals surface area (Å²) in [6.45, 7) is 8.53. The van der Waals surface area contributed by atoms with Crippen LogP contribution in [0.5, 0.6) is 5.88 Å². The summed E-state index contributed by atoms with van der Waals surface area (Å²) in [4.78, 5) is 4.71. The van der Waals surface area contributed by atoms with Crippen LogP contribution < -0.4 is 4.74 Å². The quantitative estimate of drug-likeness (QED) is 0.832. The number of rotatable bonds is 3. The third-order valence-electron chi connectivity index (χ3n) is 2.94. The molecule has 0 aliphatic carbocycles. The Balaban J connectivity index is 2.72. The van der Waals surface area contributed by atoms with Gasteiger partial charge in [-0.3, -0.25) is 4.98 Å². The molecule has 0 N–H and O–H groups in total. The standard InChI is InChI=1S/C14H19N3O/c1-8(2)11-6-10-7-12(18-5)16-17-14(10)13(15-11)9(3)4/h6-9H,1-5H3. The first-order valence-corrected chi connectivity index (χ1v) is 6.25. The second-order valence-corrected chi connectivity index (χ2v) is 5.07. The van der Waals surface area contributed by atoms with Crippen molar-refractivity contribution in [1.29, 1.82) is 0 Å². The molecule has 0 aliphatic heterocycles. The van der Waals surface area contributed by atoms with Crippen LogP contribution in [0.3, 0.4) is 0 Å². The van der Waals surface area contributed by atoms with Crippen molar-refractivity contribution in [3.8, 4) is 5.88 Å². The van der Waals surface area contributed by atoms with Gasteiger partial charge in [0.2, 0.25) is 5.88 Å². The number of ether oxygens (including phenoxy) is 1. The van der Waals surface area contributed by atoms with Crippen LogP contribution in [0.15, 0.2) is 12.1 Å². The van der Waals surface area contributed by atoms with Crippen LogP contribution in [0.2, 0.25) is 0 Å². The molecule has 0 aliphatic rings. The van der Waals surface area contributed by atoms with Gasteiger partial charge in [0.15, 0.2) is 0 Å². The molecule has 2 heterocycles. The molecule has 0 saturated heterocycles. The molecule has 2 aromatic rings. The lowest BCUT2D eigenvalue weighted by atomic mass is 10.0. The normalized spacial score (nSPS) is 11.5. The van der Waals surface area contributed by atoms with E-state index < -0.39 is 0 Å². The molecule has 0 fully saturated rings. The van der Waals surface area contributed by atoms with Crippen LogP contribution in [0.4, 0.5) is 0 Å². The largest absolute Gasteiger partial charge is 0.480 e. The molecule has 4 heteroatoms. The van der Waals surface area contributed by atoms with Gasteiger partial charge in [-0.25, -0.2) is 0 Å². The molecule has 0 amide bonds. The number of hydrogen-bond donors (Lipinski definition) is 0. The third kappa shape index (κ3) is 2.28. The van der Waals surface area contributed by atoms with Crippen molar-refractivity contribution in [2.75, 3.05) is 7.11 Å². The first-order valence-electron chi connectivity index (χ1n) is 6.25. The van der Waals surface area contributed by atoms with Crippen molar-refractivity contribution in [2.24, 2.45) is 0 Å². The van der Waals surface area contributed by atoms with E-state index >= 15 is 0 Å². The van der Waals surface area contributed by atoms with Gasteiger partial charge in [0.25, 0.3) is 0 Å². The molecule has 96 valence electrons. The highest BCUT2D eigenvalue weighted by Crippen LogP contribution is 2.26. The maximum Gasteiger partial charge on any atom is 0.233 e. The molecule has 0 spiro atoms. The van der Waals surface area contributed by atoms with Gasteiger partial charge in [-0.05, 0) is 17.9 Å². The topological polar surface area (TPSA) is 47.9 Å². The molecular formula is C14H19N3O. The molecule has 2 rings (SSSR count). The summed E-state index contributed by atoms with van der Waals surface area (Å²) in [5, 5.41) is 9.31. The molecular weight excluding hydrogens is 226 g/mol. The SMILES string of the molecule is COc1cc2cc(C(C)C)nc(C(C)C)c2nn1. The molecule has 2 aromatic heterocycles. The predicted molar refractivity (Wildman–Crippen MR) is 72.1 cm³/mol. The maximum atomic E-state index is 5.13. The second-order valence-electron chi connectivity index (χ2n) is 5.07. The zero-order valence-corrected chi connectivity index (χ0v) is 11.6. The first-order chi connectivity index (χ1) is 8.52. The molecule has 0 atom stereocenters. The van der Waals surface area contributed by atoms with Gasteiger partial charge in [-0.1, -0.05) is 27.7 Å². The summed E-state index contributed by atoms with van der Waals surface area (Å²) in [7, 11) is 1.60. The number of pyridine rings is 1. The summed E-state index contributed by atoms with van der Waals surface area (Å²) < 4.78 is 5.13. The van der Waals surface area contributed by atoms with Gasteiger partial charge >= 0.3 is 0 Å². The second kappa shape index (κ2) is 4.88. The summed E-state index contributed by atoms with van der Waals surface area (Å²) in [6.07, 6.45) is 0. The van der Waals surface area contributed by atoms with E-state index in [4.69, 9.17) is 9.72 Å². The van der Waals surface area contributed by atoms with E-state index in [2.05, 4.69) is 44.0 Å². The summed E-state index contributed by atoms with van der Waals surface area (Å²) in [5.74, 6) is 1.26. The Kier molecular flexibility index (Phi) is 3.45. The fourth-order valence-corrected chi connectivity index (χ4v) is 1.88. The predicted octanol–water partition coefficient (Wildman–Crippen LogP) is 3.28. The van der Waals surface area contributed by atoms with Crippen molar-refractivity contribution >= 4 is 10.9 Å². The molecule has 0 radical (unpaired) electrons. The van der Waals surface area contributed by atoms with Crippen LogP contribution in [0.1, 0.15) is 50.9 Å².